The van der Waals surface area contributed by atoms with Gasteiger partial charge in [-0.3, -0.25) is 9.69 Å². The first kappa shape index (κ1) is 22.2. The Balaban J connectivity index is 1.31. The molecule has 1 fully saturated rings. The van der Waals surface area contributed by atoms with Crippen molar-refractivity contribution in [3.63, 3.8) is 0 Å². The third kappa shape index (κ3) is 5.06. The first-order chi connectivity index (χ1) is 15.5. The molecule has 6 nitrogen and oxygen atoms in total. The standard InChI is InChI=1S/C26H33N3O3/c1-3-22-18-29(23-17-19(2)9-10-24(23)32-22)26(31)28-15-12-21(13-16-28)25(30)27-14-11-20-7-5-4-6-8-20/h4-10,17,21-22H,3,11-16,18H2,1-2H3,(H,27,30)/t22-/m0/s1. The Morgan fingerprint density at radius 1 is 1.09 bits per heavy atom. The Labute approximate surface area is 190 Å². The van der Waals surface area contributed by atoms with Gasteiger partial charge in [-0.1, -0.05) is 43.3 Å². The first-order valence-corrected chi connectivity index (χ1v) is 11.7. The summed E-state index contributed by atoms with van der Waals surface area (Å²) in [5.74, 6) is 0.846. The van der Waals surface area contributed by atoms with Gasteiger partial charge in [0, 0.05) is 25.6 Å². The van der Waals surface area contributed by atoms with Gasteiger partial charge < -0.3 is 15.0 Å². The Morgan fingerprint density at radius 2 is 1.84 bits per heavy atom. The fourth-order valence-corrected chi connectivity index (χ4v) is 4.47. The molecule has 0 unspecified atom stereocenters. The van der Waals surface area contributed by atoms with Gasteiger partial charge in [0.25, 0.3) is 0 Å². The zero-order valence-electron chi connectivity index (χ0n) is 19.0. The van der Waals surface area contributed by atoms with Gasteiger partial charge in [-0.05, 0) is 55.9 Å². The summed E-state index contributed by atoms with van der Waals surface area (Å²) in [7, 11) is 0. The van der Waals surface area contributed by atoms with Crippen molar-refractivity contribution in [2.75, 3.05) is 31.1 Å². The van der Waals surface area contributed by atoms with E-state index in [-0.39, 0.29) is 24.0 Å². The normalized spacial score (nSPS) is 18.6. The number of ether oxygens (including phenoxy) is 1. The van der Waals surface area contributed by atoms with Crippen LogP contribution >= 0.6 is 0 Å². The van der Waals surface area contributed by atoms with E-state index in [1.807, 2.05) is 53.1 Å². The minimum absolute atomic E-state index is 0.00193. The van der Waals surface area contributed by atoms with Gasteiger partial charge in [0.05, 0.1) is 12.2 Å². The van der Waals surface area contributed by atoms with Crippen LogP contribution in [0, 0.1) is 12.8 Å². The lowest BCUT2D eigenvalue weighted by molar-refractivity contribution is -0.126. The molecule has 0 aliphatic carbocycles. The molecule has 2 aromatic carbocycles. The van der Waals surface area contributed by atoms with E-state index >= 15 is 0 Å². The molecule has 32 heavy (non-hydrogen) atoms. The maximum atomic E-state index is 13.4. The molecule has 2 aliphatic rings. The van der Waals surface area contributed by atoms with Crippen molar-refractivity contribution in [3.8, 4) is 5.75 Å². The summed E-state index contributed by atoms with van der Waals surface area (Å²) in [6.07, 6.45) is 3.08. The number of carbonyl (C=O) groups excluding carboxylic acids is 2. The fraction of sp³-hybridized carbons (Fsp3) is 0.462. The average molecular weight is 436 g/mol. The molecule has 3 amide bonds. The molecule has 4 rings (SSSR count). The van der Waals surface area contributed by atoms with Crippen molar-refractivity contribution in [2.45, 2.75) is 45.6 Å². The molecule has 2 aliphatic heterocycles. The highest BCUT2D eigenvalue weighted by Gasteiger charge is 2.34. The number of urea groups is 1. The Morgan fingerprint density at radius 3 is 2.56 bits per heavy atom. The van der Waals surface area contributed by atoms with Gasteiger partial charge in [-0.25, -0.2) is 4.79 Å². The molecule has 0 bridgehead atoms. The summed E-state index contributed by atoms with van der Waals surface area (Å²) < 4.78 is 6.06. The minimum atomic E-state index is -0.0302. The van der Waals surface area contributed by atoms with E-state index in [9.17, 15) is 9.59 Å². The third-order valence-electron chi connectivity index (χ3n) is 6.46. The van der Waals surface area contributed by atoms with Gasteiger partial charge in [0.15, 0.2) is 0 Å². The number of nitrogens with one attached hydrogen (secondary N) is 1. The van der Waals surface area contributed by atoms with Gasteiger partial charge in [0.1, 0.15) is 11.9 Å². The van der Waals surface area contributed by atoms with Crippen molar-refractivity contribution >= 4 is 17.6 Å². The number of hydrogen-bond donors (Lipinski definition) is 1. The summed E-state index contributed by atoms with van der Waals surface area (Å²) in [5, 5.41) is 3.07. The molecular weight excluding hydrogens is 402 g/mol. The Kier molecular flexibility index (Phi) is 6.98. The number of nitrogens with zero attached hydrogens (tertiary/aromatic N) is 2. The van der Waals surface area contributed by atoms with Crippen LogP contribution in [0.15, 0.2) is 48.5 Å². The number of benzene rings is 2. The van der Waals surface area contributed by atoms with Crippen LogP contribution in [0.4, 0.5) is 10.5 Å². The molecule has 0 aromatic heterocycles. The second-order valence-electron chi connectivity index (χ2n) is 8.80. The zero-order chi connectivity index (χ0) is 22.5. The monoisotopic (exact) mass is 435 g/mol. The molecule has 170 valence electrons. The van der Waals surface area contributed by atoms with Gasteiger partial charge >= 0.3 is 6.03 Å². The summed E-state index contributed by atoms with van der Waals surface area (Å²) in [6, 6.07) is 16.2. The topological polar surface area (TPSA) is 61.9 Å². The van der Waals surface area contributed by atoms with Crippen LogP contribution < -0.4 is 15.0 Å². The van der Waals surface area contributed by atoms with Crippen molar-refractivity contribution < 1.29 is 14.3 Å². The molecular formula is C26H33N3O3. The molecule has 2 aromatic rings. The summed E-state index contributed by atoms with van der Waals surface area (Å²) in [4.78, 5) is 29.7. The van der Waals surface area contributed by atoms with Crippen LogP contribution in [0.25, 0.3) is 0 Å². The Hall–Kier alpha value is -3.02. The van der Waals surface area contributed by atoms with E-state index in [4.69, 9.17) is 4.74 Å². The van der Waals surface area contributed by atoms with Crippen molar-refractivity contribution in [1.82, 2.24) is 10.2 Å². The quantitative estimate of drug-likeness (QED) is 0.767. The fourth-order valence-electron chi connectivity index (χ4n) is 4.47. The molecule has 0 radical (unpaired) electrons. The molecule has 1 N–H and O–H groups in total. The first-order valence-electron chi connectivity index (χ1n) is 11.7. The van der Waals surface area contributed by atoms with Crippen LogP contribution in [0.5, 0.6) is 5.75 Å². The number of aryl methyl sites for hydroxylation is 1. The van der Waals surface area contributed by atoms with Gasteiger partial charge in [-0.2, -0.15) is 0 Å². The molecule has 6 heteroatoms. The van der Waals surface area contributed by atoms with E-state index in [2.05, 4.69) is 24.4 Å². The van der Waals surface area contributed by atoms with Crippen LogP contribution in [-0.4, -0.2) is 49.1 Å². The number of likely N-dealkylation sites (tertiary alicyclic amines) is 1. The summed E-state index contributed by atoms with van der Waals surface area (Å²) in [5.41, 5.74) is 3.17. The third-order valence-corrected chi connectivity index (χ3v) is 6.46. The maximum absolute atomic E-state index is 13.4. The predicted molar refractivity (Wildman–Crippen MR) is 126 cm³/mol. The van der Waals surface area contributed by atoms with E-state index in [0.717, 1.165) is 29.8 Å². The largest absolute Gasteiger partial charge is 0.486 e. The Bertz CT molecular complexity index is 939. The van der Waals surface area contributed by atoms with E-state index < -0.39 is 0 Å². The molecule has 0 spiro atoms. The SMILES string of the molecule is CC[C@H]1CN(C(=O)N2CCC(C(=O)NCCc3ccccc3)CC2)c2cc(C)ccc2O1. The van der Waals surface area contributed by atoms with Gasteiger partial charge in [0.2, 0.25) is 5.91 Å². The lowest BCUT2D eigenvalue weighted by Crippen LogP contribution is -2.52. The van der Waals surface area contributed by atoms with Crippen LogP contribution in [0.2, 0.25) is 0 Å². The van der Waals surface area contributed by atoms with Crippen molar-refractivity contribution in [2.24, 2.45) is 5.92 Å². The van der Waals surface area contributed by atoms with E-state index in [1.54, 1.807) is 0 Å². The summed E-state index contributed by atoms with van der Waals surface area (Å²) in [6.45, 7) is 6.51. The number of fused-ring (bicyclic) bond motifs is 1. The highest BCUT2D eigenvalue weighted by atomic mass is 16.5. The number of rotatable bonds is 5. The van der Waals surface area contributed by atoms with Crippen molar-refractivity contribution in [3.05, 3.63) is 59.7 Å². The van der Waals surface area contributed by atoms with Crippen LogP contribution in [0.3, 0.4) is 0 Å². The lowest BCUT2D eigenvalue weighted by Gasteiger charge is -2.39. The number of amides is 3. The van der Waals surface area contributed by atoms with E-state index in [1.165, 1.54) is 5.56 Å². The highest BCUT2D eigenvalue weighted by molar-refractivity contribution is 5.94. The highest BCUT2D eigenvalue weighted by Crippen LogP contribution is 2.36. The van der Waals surface area contributed by atoms with Crippen LogP contribution in [0.1, 0.15) is 37.3 Å². The number of anilines is 1. The average Bonchev–Trinajstić information content (AvgIpc) is 2.83. The molecule has 1 saturated heterocycles. The van der Waals surface area contributed by atoms with Crippen molar-refractivity contribution in [1.29, 1.82) is 0 Å². The van der Waals surface area contributed by atoms with Crippen LogP contribution in [-0.2, 0) is 11.2 Å². The second-order valence-corrected chi connectivity index (χ2v) is 8.80. The number of piperidine rings is 1. The maximum Gasteiger partial charge on any atom is 0.324 e. The number of hydrogen-bond acceptors (Lipinski definition) is 3. The van der Waals surface area contributed by atoms with Gasteiger partial charge in [-0.15, -0.1) is 0 Å². The smallest absolute Gasteiger partial charge is 0.324 e. The minimum Gasteiger partial charge on any atom is -0.486 e. The lowest BCUT2D eigenvalue weighted by atomic mass is 9.96. The van der Waals surface area contributed by atoms with E-state index in [0.29, 0.717) is 39.0 Å². The predicted octanol–water partition coefficient (Wildman–Crippen LogP) is 4.16. The zero-order valence-corrected chi connectivity index (χ0v) is 19.0. The summed E-state index contributed by atoms with van der Waals surface area (Å²) >= 11 is 0. The molecule has 1 atom stereocenters. The molecule has 2 heterocycles. The number of carbonyl (C=O) groups is 2. The second kappa shape index (κ2) is 10.1. The molecule has 0 saturated carbocycles.